The zero-order valence-corrected chi connectivity index (χ0v) is 10.0. The third-order valence-corrected chi connectivity index (χ3v) is 2.28. The van der Waals surface area contributed by atoms with Gasteiger partial charge in [0.05, 0.1) is 25.3 Å². The zero-order chi connectivity index (χ0) is 12.0. The Morgan fingerprint density at radius 1 is 1.56 bits per heavy atom. The largest absolute Gasteiger partial charge is 0.468 e. The molecule has 1 aromatic heterocycles. The van der Waals surface area contributed by atoms with E-state index in [1.807, 2.05) is 32.9 Å². The van der Waals surface area contributed by atoms with Crippen LogP contribution in [0.3, 0.4) is 0 Å². The summed E-state index contributed by atoms with van der Waals surface area (Å²) in [5, 5.41) is 3.28. The van der Waals surface area contributed by atoms with Crippen molar-refractivity contribution < 1.29 is 13.9 Å². The fourth-order valence-corrected chi connectivity index (χ4v) is 1.58. The summed E-state index contributed by atoms with van der Waals surface area (Å²) in [5.41, 5.74) is 0. The average Bonchev–Trinajstić information content (AvgIpc) is 2.69. The molecular formula is C12H19NO3. The van der Waals surface area contributed by atoms with Gasteiger partial charge in [-0.2, -0.15) is 0 Å². The predicted molar refractivity (Wildman–Crippen MR) is 61.0 cm³/mol. The molecule has 1 aromatic rings. The third kappa shape index (κ3) is 4.06. The maximum Gasteiger partial charge on any atom is 0.307 e. The lowest BCUT2D eigenvalue weighted by molar-refractivity contribution is -0.143. The molecule has 1 heterocycles. The zero-order valence-electron chi connectivity index (χ0n) is 10.0. The predicted octanol–water partition coefficient (Wildman–Crippen LogP) is 2.27. The summed E-state index contributed by atoms with van der Waals surface area (Å²) in [5.74, 6) is 0.699. The Labute approximate surface area is 96.0 Å². The summed E-state index contributed by atoms with van der Waals surface area (Å²) in [7, 11) is 0. The molecule has 2 atom stereocenters. The molecule has 0 aliphatic rings. The van der Waals surface area contributed by atoms with Gasteiger partial charge in [0.2, 0.25) is 0 Å². The Kier molecular flexibility index (Phi) is 5.05. The number of rotatable bonds is 6. The van der Waals surface area contributed by atoms with Crippen LogP contribution < -0.4 is 5.32 Å². The molecule has 4 nitrogen and oxygen atoms in total. The molecule has 1 N–H and O–H groups in total. The lowest BCUT2D eigenvalue weighted by atomic mass is 10.2. The number of furan rings is 1. The maximum absolute atomic E-state index is 11.2. The second kappa shape index (κ2) is 6.33. The molecule has 0 fully saturated rings. The van der Waals surface area contributed by atoms with E-state index in [1.165, 1.54) is 0 Å². The molecule has 1 unspecified atom stereocenters. The molecule has 0 aromatic carbocycles. The highest BCUT2D eigenvalue weighted by atomic mass is 16.5. The minimum absolute atomic E-state index is 0.0687. The van der Waals surface area contributed by atoms with Gasteiger partial charge in [-0.05, 0) is 32.9 Å². The summed E-state index contributed by atoms with van der Waals surface area (Å²) >= 11 is 0. The van der Waals surface area contributed by atoms with Crippen LogP contribution in [-0.4, -0.2) is 18.6 Å². The van der Waals surface area contributed by atoms with Gasteiger partial charge in [0.15, 0.2) is 0 Å². The standard InChI is InChI=1S/C12H19NO3/c1-4-15-12(14)8-9(2)13-10(3)11-6-5-7-16-11/h5-7,9-10,13H,4,8H2,1-3H3/t9?,10-/m1/s1. The Hall–Kier alpha value is -1.29. The average molecular weight is 225 g/mol. The molecule has 0 saturated heterocycles. The summed E-state index contributed by atoms with van der Waals surface area (Å²) in [6.45, 7) is 6.19. The monoisotopic (exact) mass is 225 g/mol. The van der Waals surface area contributed by atoms with Gasteiger partial charge in [-0.3, -0.25) is 4.79 Å². The maximum atomic E-state index is 11.2. The summed E-state index contributed by atoms with van der Waals surface area (Å²) in [6.07, 6.45) is 2.02. The number of nitrogens with one attached hydrogen (secondary N) is 1. The van der Waals surface area contributed by atoms with Crippen LogP contribution in [-0.2, 0) is 9.53 Å². The van der Waals surface area contributed by atoms with E-state index in [1.54, 1.807) is 6.26 Å². The molecule has 16 heavy (non-hydrogen) atoms. The van der Waals surface area contributed by atoms with E-state index >= 15 is 0 Å². The van der Waals surface area contributed by atoms with Crippen LogP contribution in [0.1, 0.15) is 39.0 Å². The Morgan fingerprint density at radius 3 is 2.88 bits per heavy atom. The van der Waals surface area contributed by atoms with Crippen LogP contribution in [0.5, 0.6) is 0 Å². The van der Waals surface area contributed by atoms with Crippen molar-refractivity contribution in [3.8, 4) is 0 Å². The second-order valence-electron chi connectivity index (χ2n) is 3.81. The molecular weight excluding hydrogens is 206 g/mol. The first kappa shape index (κ1) is 12.8. The van der Waals surface area contributed by atoms with Gasteiger partial charge in [0.1, 0.15) is 5.76 Å². The van der Waals surface area contributed by atoms with Crippen molar-refractivity contribution in [1.82, 2.24) is 5.32 Å². The van der Waals surface area contributed by atoms with Gasteiger partial charge in [-0.25, -0.2) is 0 Å². The number of hydrogen-bond donors (Lipinski definition) is 1. The van der Waals surface area contributed by atoms with Gasteiger partial charge < -0.3 is 14.5 Å². The highest BCUT2D eigenvalue weighted by Gasteiger charge is 2.14. The first-order valence-electron chi connectivity index (χ1n) is 5.58. The first-order valence-corrected chi connectivity index (χ1v) is 5.58. The van der Waals surface area contributed by atoms with E-state index in [0.29, 0.717) is 13.0 Å². The van der Waals surface area contributed by atoms with Crippen LogP contribution in [0.4, 0.5) is 0 Å². The van der Waals surface area contributed by atoms with Crippen molar-refractivity contribution in [2.75, 3.05) is 6.61 Å². The van der Waals surface area contributed by atoms with Crippen molar-refractivity contribution in [1.29, 1.82) is 0 Å². The summed E-state index contributed by atoms with van der Waals surface area (Å²) in [4.78, 5) is 11.2. The quantitative estimate of drug-likeness (QED) is 0.754. The number of esters is 1. The topological polar surface area (TPSA) is 51.5 Å². The molecule has 0 bridgehead atoms. The van der Waals surface area contributed by atoms with E-state index in [2.05, 4.69) is 5.32 Å². The Balaban J connectivity index is 2.34. The molecule has 4 heteroatoms. The molecule has 0 amide bonds. The molecule has 90 valence electrons. The Bertz CT molecular complexity index is 308. The SMILES string of the molecule is CCOC(=O)CC(C)N[C@H](C)c1ccco1. The first-order chi connectivity index (χ1) is 7.63. The van der Waals surface area contributed by atoms with Crippen molar-refractivity contribution in [3.63, 3.8) is 0 Å². The molecule has 0 aliphatic carbocycles. The number of carbonyl (C=O) groups excluding carboxylic acids is 1. The van der Waals surface area contributed by atoms with E-state index < -0.39 is 0 Å². The van der Waals surface area contributed by atoms with Gasteiger partial charge in [0.25, 0.3) is 0 Å². The summed E-state index contributed by atoms with van der Waals surface area (Å²) < 4.78 is 10.2. The van der Waals surface area contributed by atoms with Gasteiger partial charge in [0, 0.05) is 6.04 Å². The lowest BCUT2D eigenvalue weighted by Gasteiger charge is -2.17. The van der Waals surface area contributed by atoms with E-state index in [0.717, 1.165) is 5.76 Å². The van der Waals surface area contributed by atoms with Crippen molar-refractivity contribution in [2.45, 2.75) is 39.3 Å². The van der Waals surface area contributed by atoms with Gasteiger partial charge >= 0.3 is 5.97 Å². The number of carbonyl (C=O) groups is 1. The smallest absolute Gasteiger partial charge is 0.307 e. The van der Waals surface area contributed by atoms with Gasteiger partial charge in [-0.15, -0.1) is 0 Å². The highest BCUT2D eigenvalue weighted by molar-refractivity contribution is 5.70. The van der Waals surface area contributed by atoms with Crippen molar-refractivity contribution >= 4 is 5.97 Å². The Morgan fingerprint density at radius 2 is 2.31 bits per heavy atom. The summed E-state index contributed by atoms with van der Waals surface area (Å²) in [6, 6.07) is 3.93. The van der Waals surface area contributed by atoms with Gasteiger partial charge in [-0.1, -0.05) is 0 Å². The number of ether oxygens (including phenoxy) is 1. The molecule has 0 spiro atoms. The highest BCUT2D eigenvalue weighted by Crippen LogP contribution is 2.13. The second-order valence-corrected chi connectivity index (χ2v) is 3.81. The van der Waals surface area contributed by atoms with Crippen LogP contribution in [0, 0.1) is 0 Å². The van der Waals surface area contributed by atoms with Crippen LogP contribution in [0.2, 0.25) is 0 Å². The van der Waals surface area contributed by atoms with Crippen LogP contribution in [0.15, 0.2) is 22.8 Å². The normalized spacial score (nSPS) is 14.4. The van der Waals surface area contributed by atoms with Crippen molar-refractivity contribution in [3.05, 3.63) is 24.2 Å². The molecule has 0 radical (unpaired) electrons. The van der Waals surface area contributed by atoms with E-state index in [-0.39, 0.29) is 18.1 Å². The van der Waals surface area contributed by atoms with Crippen molar-refractivity contribution in [2.24, 2.45) is 0 Å². The molecule has 1 rings (SSSR count). The van der Waals surface area contributed by atoms with Crippen LogP contribution >= 0.6 is 0 Å². The third-order valence-electron chi connectivity index (χ3n) is 2.28. The minimum atomic E-state index is -0.172. The fraction of sp³-hybridized carbons (Fsp3) is 0.583. The molecule has 0 saturated carbocycles. The molecule has 0 aliphatic heterocycles. The van der Waals surface area contributed by atoms with E-state index in [4.69, 9.17) is 9.15 Å². The minimum Gasteiger partial charge on any atom is -0.468 e. The van der Waals surface area contributed by atoms with Crippen LogP contribution in [0.25, 0.3) is 0 Å². The van der Waals surface area contributed by atoms with E-state index in [9.17, 15) is 4.79 Å². The fourth-order valence-electron chi connectivity index (χ4n) is 1.58. The number of hydrogen-bond acceptors (Lipinski definition) is 4. The lowest BCUT2D eigenvalue weighted by Crippen LogP contribution is -2.31.